The zero-order valence-electron chi connectivity index (χ0n) is 31.9. The van der Waals surface area contributed by atoms with E-state index in [4.69, 9.17) is 17.0 Å². The molecule has 5 rings (SSSR count). The molecular weight excluding hydrogens is 743 g/mol. The lowest BCUT2D eigenvalue weighted by molar-refractivity contribution is -0.146. The van der Waals surface area contributed by atoms with Crippen LogP contribution in [0.5, 0.6) is 5.75 Å². The summed E-state index contributed by atoms with van der Waals surface area (Å²) in [6, 6.07) is 12.9. The highest BCUT2D eigenvalue weighted by Gasteiger charge is 2.41. The van der Waals surface area contributed by atoms with Gasteiger partial charge in [-0.15, -0.1) is 0 Å². The summed E-state index contributed by atoms with van der Waals surface area (Å²) < 4.78 is 11.1. The lowest BCUT2D eigenvalue weighted by Crippen LogP contribution is -2.58. The summed E-state index contributed by atoms with van der Waals surface area (Å²) in [4.78, 5) is 72.4. The first-order valence-electron chi connectivity index (χ1n) is 18.6. The standard InChI is InChI=1S/C38H51N9O6S2/c1-23(2)32(42-31(49)22-40-38(54)41-26-12-7-8-14-28(26)53-5)35(50)39-21-30(48)43-33(24(3)4)37(52)47-16-10-13-27(47)36(51)46-19-17-45(18-20-46)34-25-11-6-9-15-29(25)55-44-34/h6-9,11-12,14-15,23-24,27,32-33H,10,13,16-22H2,1-5H3,(H,39,50)(H,42,49)(H,43,48)(H2,40,41,54)/t27-,32-,33-/m0/s1. The Bertz CT molecular complexity index is 1860. The van der Waals surface area contributed by atoms with E-state index in [-0.39, 0.29) is 35.3 Å². The molecule has 296 valence electrons. The summed E-state index contributed by atoms with van der Waals surface area (Å²) in [6.45, 7) is 9.35. The van der Waals surface area contributed by atoms with E-state index in [0.717, 1.165) is 15.9 Å². The van der Waals surface area contributed by atoms with E-state index in [0.29, 0.717) is 57.0 Å². The smallest absolute Gasteiger partial charge is 0.246 e. The van der Waals surface area contributed by atoms with Gasteiger partial charge in [0.25, 0.3) is 0 Å². The number of rotatable bonds is 14. The normalized spacial score (nSPS) is 16.8. The quantitative estimate of drug-likeness (QED) is 0.152. The molecule has 2 saturated heterocycles. The number of aromatic nitrogens is 1. The summed E-state index contributed by atoms with van der Waals surface area (Å²) in [5.41, 5.74) is 0.627. The molecule has 5 N–H and O–H groups in total. The third kappa shape index (κ3) is 10.4. The van der Waals surface area contributed by atoms with Gasteiger partial charge in [-0.2, -0.15) is 4.37 Å². The highest BCUT2D eigenvalue weighted by molar-refractivity contribution is 7.80. The fourth-order valence-corrected chi connectivity index (χ4v) is 7.74. The Labute approximate surface area is 331 Å². The van der Waals surface area contributed by atoms with Crippen LogP contribution < -0.4 is 36.2 Å². The molecule has 0 spiro atoms. The van der Waals surface area contributed by atoms with Gasteiger partial charge in [0.05, 0.1) is 30.6 Å². The van der Waals surface area contributed by atoms with E-state index in [1.54, 1.807) is 30.9 Å². The van der Waals surface area contributed by atoms with Gasteiger partial charge < -0.3 is 46.0 Å². The number of amides is 5. The molecule has 2 aromatic carbocycles. The number of fused-ring (bicyclic) bond motifs is 1. The molecule has 3 atom stereocenters. The van der Waals surface area contributed by atoms with Crippen molar-refractivity contribution in [2.45, 2.75) is 58.7 Å². The van der Waals surface area contributed by atoms with Gasteiger partial charge in [-0.1, -0.05) is 52.0 Å². The van der Waals surface area contributed by atoms with Crippen molar-refractivity contribution in [1.82, 2.24) is 35.4 Å². The number of benzene rings is 2. The Hall–Kier alpha value is -5.03. The van der Waals surface area contributed by atoms with Gasteiger partial charge in [0.2, 0.25) is 29.5 Å². The number of hydrogen-bond donors (Lipinski definition) is 5. The Morgan fingerprint density at radius 2 is 1.49 bits per heavy atom. The molecule has 3 aromatic rings. The molecule has 2 aliphatic heterocycles. The third-order valence-corrected chi connectivity index (χ3v) is 10.8. The van der Waals surface area contributed by atoms with Gasteiger partial charge in [-0.25, -0.2) is 0 Å². The molecule has 1 aromatic heterocycles. The van der Waals surface area contributed by atoms with Crippen LogP contribution in [0.15, 0.2) is 48.5 Å². The molecule has 55 heavy (non-hydrogen) atoms. The number of para-hydroxylation sites is 2. The average Bonchev–Trinajstić information content (AvgIpc) is 3.85. The monoisotopic (exact) mass is 793 g/mol. The van der Waals surface area contributed by atoms with Crippen molar-refractivity contribution < 1.29 is 28.7 Å². The van der Waals surface area contributed by atoms with E-state index >= 15 is 0 Å². The summed E-state index contributed by atoms with van der Waals surface area (Å²) in [5, 5.41) is 15.2. The Balaban J connectivity index is 1.09. The number of hydrogen-bond acceptors (Lipinski definition) is 10. The Kier molecular flexibility index (Phi) is 14.2. The van der Waals surface area contributed by atoms with Crippen LogP contribution in [0.3, 0.4) is 0 Å². The van der Waals surface area contributed by atoms with Gasteiger partial charge in [0.15, 0.2) is 5.11 Å². The van der Waals surface area contributed by atoms with E-state index in [2.05, 4.69) is 48.0 Å². The second kappa shape index (κ2) is 19.0. The zero-order valence-corrected chi connectivity index (χ0v) is 33.6. The number of ether oxygens (including phenoxy) is 1. The molecule has 0 saturated carbocycles. The van der Waals surface area contributed by atoms with Crippen LogP contribution in [-0.2, 0) is 24.0 Å². The van der Waals surface area contributed by atoms with Gasteiger partial charge >= 0.3 is 0 Å². The van der Waals surface area contributed by atoms with Crippen molar-refractivity contribution in [3.8, 4) is 5.75 Å². The fourth-order valence-electron chi connectivity index (χ4n) is 6.77. The Morgan fingerprint density at radius 3 is 2.18 bits per heavy atom. The molecule has 0 bridgehead atoms. The predicted molar refractivity (Wildman–Crippen MR) is 217 cm³/mol. The van der Waals surface area contributed by atoms with Crippen LogP contribution in [0.4, 0.5) is 11.5 Å². The molecule has 3 heterocycles. The van der Waals surface area contributed by atoms with Gasteiger partial charge in [-0.3, -0.25) is 24.0 Å². The largest absolute Gasteiger partial charge is 0.495 e. The van der Waals surface area contributed by atoms with E-state index in [1.807, 2.05) is 43.0 Å². The van der Waals surface area contributed by atoms with Crippen LogP contribution in [0.1, 0.15) is 40.5 Å². The first kappa shape index (κ1) is 41.1. The van der Waals surface area contributed by atoms with Crippen LogP contribution >= 0.6 is 23.8 Å². The van der Waals surface area contributed by atoms with Crippen molar-refractivity contribution in [2.24, 2.45) is 11.8 Å². The maximum atomic E-state index is 13.9. The van der Waals surface area contributed by atoms with Crippen molar-refractivity contribution >= 4 is 80.0 Å². The van der Waals surface area contributed by atoms with Crippen molar-refractivity contribution in [3.63, 3.8) is 0 Å². The molecule has 15 nitrogen and oxygen atoms in total. The highest BCUT2D eigenvalue weighted by atomic mass is 32.1. The lowest BCUT2D eigenvalue weighted by Gasteiger charge is -2.38. The number of thiocarbonyl (C=S) groups is 1. The second-order valence-electron chi connectivity index (χ2n) is 14.3. The van der Waals surface area contributed by atoms with Crippen molar-refractivity contribution in [2.75, 3.05) is 63.1 Å². The molecule has 0 unspecified atom stereocenters. The first-order chi connectivity index (χ1) is 26.4. The van der Waals surface area contributed by atoms with E-state index < -0.39 is 42.4 Å². The number of carbonyl (C=O) groups is 5. The van der Waals surface area contributed by atoms with Gasteiger partial charge in [-0.05, 0) is 72.7 Å². The summed E-state index contributed by atoms with van der Waals surface area (Å²) >= 11 is 6.77. The number of carbonyl (C=O) groups excluding carboxylic acids is 5. The van der Waals surface area contributed by atoms with E-state index in [9.17, 15) is 24.0 Å². The number of nitrogens with one attached hydrogen (secondary N) is 5. The molecule has 2 aliphatic rings. The second-order valence-corrected chi connectivity index (χ2v) is 15.5. The lowest BCUT2D eigenvalue weighted by atomic mass is 10.0. The molecule has 17 heteroatoms. The minimum Gasteiger partial charge on any atom is -0.495 e. The highest BCUT2D eigenvalue weighted by Crippen LogP contribution is 2.30. The van der Waals surface area contributed by atoms with Crippen LogP contribution in [0.25, 0.3) is 10.1 Å². The number of methoxy groups -OCH3 is 1. The van der Waals surface area contributed by atoms with E-state index in [1.165, 1.54) is 18.6 Å². The van der Waals surface area contributed by atoms with Gasteiger partial charge in [0, 0.05) is 38.1 Å². The third-order valence-electron chi connectivity index (χ3n) is 9.77. The SMILES string of the molecule is COc1ccccc1NC(=S)NCC(=O)N[C@H](C(=O)NCC(=O)N[C@H](C(=O)N1CCC[C@H]1C(=O)N1CCN(c2nsc3ccccc23)CC1)C(C)C)C(C)C. The molecule has 2 fully saturated rings. The zero-order chi connectivity index (χ0) is 39.6. The first-order valence-corrected chi connectivity index (χ1v) is 19.8. The molecular formula is C38H51N9O6S2. The van der Waals surface area contributed by atoms with Crippen molar-refractivity contribution in [1.29, 1.82) is 0 Å². The summed E-state index contributed by atoms with van der Waals surface area (Å²) in [7, 11) is 1.54. The molecule has 5 amide bonds. The number of anilines is 2. The Morgan fingerprint density at radius 1 is 0.855 bits per heavy atom. The number of piperazine rings is 1. The fraction of sp³-hybridized carbons (Fsp3) is 0.500. The van der Waals surface area contributed by atoms with Crippen LogP contribution in [0, 0.1) is 11.8 Å². The average molecular weight is 794 g/mol. The van der Waals surface area contributed by atoms with Gasteiger partial charge in [0.1, 0.15) is 29.7 Å². The molecule has 0 aliphatic carbocycles. The van der Waals surface area contributed by atoms with Crippen molar-refractivity contribution in [3.05, 3.63) is 48.5 Å². The maximum Gasteiger partial charge on any atom is 0.246 e. The maximum absolute atomic E-state index is 13.9. The summed E-state index contributed by atoms with van der Waals surface area (Å²) in [6.07, 6.45) is 1.24. The number of nitrogens with zero attached hydrogens (tertiary/aromatic N) is 4. The van der Waals surface area contributed by atoms with Crippen LogP contribution in [0.2, 0.25) is 0 Å². The van der Waals surface area contributed by atoms with Crippen LogP contribution in [-0.4, -0.2) is 120 Å². The minimum absolute atomic E-state index is 0.0822. The predicted octanol–water partition coefficient (Wildman–Crippen LogP) is 2.33. The minimum atomic E-state index is -0.931. The molecule has 0 radical (unpaired) electrons. The summed E-state index contributed by atoms with van der Waals surface area (Å²) in [5.74, 6) is -1.04. The topological polar surface area (TPSA) is 177 Å². The number of likely N-dealkylation sites (tertiary alicyclic amines) is 1.